The number of amides is 4. The molecule has 0 spiro atoms. The molecular formula is C10H17N5O6. The molecule has 11 heteroatoms. The normalized spacial score (nSPS) is 11.1. The van der Waals surface area contributed by atoms with Crippen molar-refractivity contribution in [2.45, 2.75) is 12.5 Å². The van der Waals surface area contributed by atoms with Crippen LogP contribution < -0.4 is 27.4 Å². The molecule has 0 radical (unpaired) electrons. The molecule has 0 aromatic heterocycles. The molecule has 1 atom stereocenters. The van der Waals surface area contributed by atoms with Crippen LogP contribution in [0.3, 0.4) is 0 Å². The number of carbonyl (C=O) groups excluding carboxylic acids is 4. The lowest BCUT2D eigenvalue weighted by atomic mass is 10.2. The summed E-state index contributed by atoms with van der Waals surface area (Å²) in [4.78, 5) is 54.8. The third kappa shape index (κ3) is 8.93. The van der Waals surface area contributed by atoms with E-state index in [1.165, 1.54) is 0 Å². The molecule has 0 aromatic rings. The SMILES string of the molecule is NCC(=O)NCC(=O)NCC(=O)N[C@@H](CC(N)=O)C(=O)O. The number of carbonyl (C=O) groups is 5. The van der Waals surface area contributed by atoms with Gasteiger partial charge in [-0.2, -0.15) is 0 Å². The molecule has 0 unspecified atom stereocenters. The second kappa shape index (κ2) is 9.25. The zero-order chi connectivity index (χ0) is 16.4. The first kappa shape index (κ1) is 18.3. The Labute approximate surface area is 119 Å². The van der Waals surface area contributed by atoms with Crippen LogP contribution >= 0.6 is 0 Å². The number of nitrogens with one attached hydrogen (secondary N) is 3. The van der Waals surface area contributed by atoms with Crippen LogP contribution in [-0.2, 0) is 24.0 Å². The molecule has 0 saturated carbocycles. The van der Waals surface area contributed by atoms with Gasteiger partial charge in [-0.15, -0.1) is 0 Å². The van der Waals surface area contributed by atoms with E-state index in [0.29, 0.717) is 0 Å². The Balaban J connectivity index is 4.12. The Hall–Kier alpha value is -2.69. The van der Waals surface area contributed by atoms with E-state index in [1.54, 1.807) is 0 Å². The van der Waals surface area contributed by atoms with E-state index in [0.717, 1.165) is 0 Å². The number of hydrogen-bond acceptors (Lipinski definition) is 6. The van der Waals surface area contributed by atoms with Gasteiger partial charge in [-0.3, -0.25) is 19.2 Å². The van der Waals surface area contributed by atoms with Gasteiger partial charge in [0.15, 0.2) is 0 Å². The minimum Gasteiger partial charge on any atom is -0.480 e. The number of carboxylic acid groups (broad SMARTS) is 1. The van der Waals surface area contributed by atoms with Crippen LogP contribution in [0.2, 0.25) is 0 Å². The van der Waals surface area contributed by atoms with Crippen molar-refractivity contribution < 1.29 is 29.1 Å². The minimum absolute atomic E-state index is 0.277. The molecule has 0 heterocycles. The molecule has 8 N–H and O–H groups in total. The van der Waals surface area contributed by atoms with Gasteiger partial charge in [0.25, 0.3) is 0 Å². The highest BCUT2D eigenvalue weighted by Gasteiger charge is 2.22. The van der Waals surface area contributed by atoms with Crippen LogP contribution in [0, 0.1) is 0 Å². The molecule has 0 fully saturated rings. The second-order valence-electron chi connectivity index (χ2n) is 3.89. The summed E-state index contributed by atoms with van der Waals surface area (Å²) in [6, 6.07) is -1.47. The van der Waals surface area contributed by atoms with Gasteiger partial charge in [-0.05, 0) is 0 Å². The maximum atomic E-state index is 11.4. The molecule has 21 heavy (non-hydrogen) atoms. The predicted octanol–water partition coefficient (Wildman–Crippen LogP) is -4.38. The first-order chi connectivity index (χ1) is 9.76. The van der Waals surface area contributed by atoms with Crippen molar-refractivity contribution in [1.82, 2.24) is 16.0 Å². The van der Waals surface area contributed by atoms with Gasteiger partial charge >= 0.3 is 5.97 Å². The highest BCUT2D eigenvalue weighted by Crippen LogP contribution is 1.91. The fraction of sp³-hybridized carbons (Fsp3) is 0.500. The van der Waals surface area contributed by atoms with Crippen molar-refractivity contribution in [3.05, 3.63) is 0 Å². The zero-order valence-electron chi connectivity index (χ0n) is 11.0. The lowest BCUT2D eigenvalue weighted by molar-refractivity contribution is -0.143. The number of aliphatic carboxylic acids is 1. The highest BCUT2D eigenvalue weighted by molar-refractivity contribution is 5.91. The van der Waals surface area contributed by atoms with Crippen molar-refractivity contribution >= 4 is 29.6 Å². The molecule has 0 aliphatic rings. The van der Waals surface area contributed by atoms with E-state index in [4.69, 9.17) is 16.6 Å². The number of primary amides is 1. The summed E-state index contributed by atoms with van der Waals surface area (Å²) in [5, 5.41) is 15.1. The van der Waals surface area contributed by atoms with E-state index in [9.17, 15) is 24.0 Å². The molecule has 118 valence electrons. The van der Waals surface area contributed by atoms with Gasteiger partial charge in [0.1, 0.15) is 6.04 Å². The topological polar surface area (TPSA) is 194 Å². The summed E-state index contributed by atoms with van der Waals surface area (Å²) < 4.78 is 0. The quantitative estimate of drug-likeness (QED) is 0.247. The molecule has 0 bridgehead atoms. The van der Waals surface area contributed by atoms with Crippen molar-refractivity contribution in [3.8, 4) is 0 Å². The first-order valence-corrected chi connectivity index (χ1v) is 5.80. The van der Waals surface area contributed by atoms with Crippen LogP contribution in [0.5, 0.6) is 0 Å². The largest absolute Gasteiger partial charge is 0.480 e. The van der Waals surface area contributed by atoms with Crippen molar-refractivity contribution in [2.75, 3.05) is 19.6 Å². The molecule has 0 saturated heterocycles. The Morgan fingerprint density at radius 3 is 1.95 bits per heavy atom. The molecule has 0 aromatic carbocycles. The van der Waals surface area contributed by atoms with Gasteiger partial charge in [0.05, 0.1) is 26.1 Å². The maximum absolute atomic E-state index is 11.4. The molecule has 0 rings (SSSR count). The lowest BCUT2D eigenvalue weighted by Crippen LogP contribution is -2.48. The zero-order valence-corrected chi connectivity index (χ0v) is 11.0. The van der Waals surface area contributed by atoms with Gasteiger partial charge in [0, 0.05) is 0 Å². The summed E-state index contributed by atoms with van der Waals surface area (Å²) in [5.74, 6) is -4.34. The van der Waals surface area contributed by atoms with E-state index in [-0.39, 0.29) is 13.1 Å². The summed E-state index contributed by atoms with van der Waals surface area (Å²) in [7, 11) is 0. The molecule has 0 aliphatic carbocycles. The predicted molar refractivity (Wildman–Crippen MR) is 68.5 cm³/mol. The fourth-order valence-corrected chi connectivity index (χ4v) is 1.14. The lowest BCUT2D eigenvalue weighted by Gasteiger charge is -2.13. The van der Waals surface area contributed by atoms with E-state index < -0.39 is 48.6 Å². The van der Waals surface area contributed by atoms with E-state index >= 15 is 0 Å². The second-order valence-corrected chi connectivity index (χ2v) is 3.89. The van der Waals surface area contributed by atoms with Crippen LogP contribution in [0.1, 0.15) is 6.42 Å². The number of hydrogen-bond donors (Lipinski definition) is 6. The van der Waals surface area contributed by atoms with Gasteiger partial charge in [-0.25, -0.2) is 4.79 Å². The molecule has 4 amide bonds. The first-order valence-electron chi connectivity index (χ1n) is 5.80. The van der Waals surface area contributed by atoms with Gasteiger partial charge < -0.3 is 32.5 Å². The Morgan fingerprint density at radius 1 is 0.952 bits per heavy atom. The fourth-order valence-electron chi connectivity index (χ4n) is 1.14. The third-order valence-corrected chi connectivity index (χ3v) is 2.12. The Bertz CT molecular complexity index is 438. The van der Waals surface area contributed by atoms with Gasteiger partial charge in [-0.1, -0.05) is 0 Å². The summed E-state index contributed by atoms with van der Waals surface area (Å²) in [6.07, 6.45) is -0.568. The average Bonchev–Trinajstić information content (AvgIpc) is 2.41. The highest BCUT2D eigenvalue weighted by atomic mass is 16.4. The van der Waals surface area contributed by atoms with Crippen LogP contribution in [0.15, 0.2) is 0 Å². The monoisotopic (exact) mass is 303 g/mol. The van der Waals surface area contributed by atoms with Crippen LogP contribution in [-0.4, -0.2) is 60.4 Å². The Morgan fingerprint density at radius 2 is 1.48 bits per heavy atom. The number of nitrogens with two attached hydrogens (primary N) is 2. The molecule has 0 aliphatic heterocycles. The Kier molecular flexibility index (Phi) is 8.07. The molecule has 11 nitrogen and oxygen atoms in total. The van der Waals surface area contributed by atoms with Crippen molar-refractivity contribution in [1.29, 1.82) is 0 Å². The van der Waals surface area contributed by atoms with E-state index in [2.05, 4.69) is 10.6 Å². The maximum Gasteiger partial charge on any atom is 0.326 e. The summed E-state index contributed by atoms with van der Waals surface area (Å²) in [6.45, 7) is -1.16. The number of rotatable bonds is 9. The molecular weight excluding hydrogens is 286 g/mol. The number of carboxylic acids is 1. The van der Waals surface area contributed by atoms with Crippen LogP contribution in [0.4, 0.5) is 0 Å². The smallest absolute Gasteiger partial charge is 0.326 e. The van der Waals surface area contributed by atoms with Crippen LogP contribution in [0.25, 0.3) is 0 Å². The van der Waals surface area contributed by atoms with Gasteiger partial charge in [0.2, 0.25) is 23.6 Å². The standard InChI is InChI=1S/C10H17N5O6/c11-2-7(17)13-3-8(18)14-4-9(19)15-5(10(20)21)1-6(12)16/h5H,1-4,11H2,(H2,12,16)(H,13,17)(H,14,18)(H,15,19)(H,20,21)/t5-/m0/s1. The third-order valence-electron chi connectivity index (χ3n) is 2.12. The average molecular weight is 303 g/mol. The van der Waals surface area contributed by atoms with Crippen molar-refractivity contribution in [3.63, 3.8) is 0 Å². The van der Waals surface area contributed by atoms with E-state index in [1.807, 2.05) is 5.32 Å². The summed E-state index contributed by atoms with van der Waals surface area (Å²) in [5.41, 5.74) is 9.84. The van der Waals surface area contributed by atoms with Crippen molar-refractivity contribution in [2.24, 2.45) is 11.5 Å². The summed E-state index contributed by atoms with van der Waals surface area (Å²) >= 11 is 0. The minimum atomic E-state index is -1.47.